The number of para-hydroxylation sites is 1. The first-order chi connectivity index (χ1) is 10.0. The molecule has 0 atom stereocenters. The fourth-order valence-electron chi connectivity index (χ4n) is 2.35. The van der Waals surface area contributed by atoms with Crippen molar-refractivity contribution in [2.75, 3.05) is 4.72 Å². The van der Waals surface area contributed by atoms with Crippen molar-refractivity contribution in [3.63, 3.8) is 0 Å². The van der Waals surface area contributed by atoms with Gasteiger partial charge in [-0.3, -0.25) is 9.40 Å². The number of benzene rings is 1. The first-order valence-electron chi connectivity index (χ1n) is 7.15. The summed E-state index contributed by atoms with van der Waals surface area (Å²) in [4.78, 5) is 0.227. The van der Waals surface area contributed by atoms with Crippen LogP contribution in [-0.4, -0.2) is 18.2 Å². The number of sulfonamides is 1. The lowest BCUT2D eigenvalue weighted by Gasteiger charge is -2.18. The number of anilines is 1. The van der Waals surface area contributed by atoms with Crippen LogP contribution >= 0.6 is 0 Å². The van der Waals surface area contributed by atoms with E-state index in [0.717, 1.165) is 11.1 Å². The Bertz CT molecular complexity index is 779. The highest BCUT2D eigenvalue weighted by Gasteiger charge is 2.30. The summed E-state index contributed by atoms with van der Waals surface area (Å²) in [6.07, 6.45) is 1.55. The van der Waals surface area contributed by atoms with Crippen LogP contribution < -0.4 is 4.72 Å². The van der Waals surface area contributed by atoms with Crippen LogP contribution in [0.25, 0.3) is 0 Å². The van der Waals surface area contributed by atoms with Crippen molar-refractivity contribution in [1.29, 1.82) is 0 Å². The van der Waals surface area contributed by atoms with E-state index in [1.165, 1.54) is 0 Å². The second kappa shape index (κ2) is 5.43. The molecule has 0 radical (unpaired) electrons. The normalized spacial score (nSPS) is 12.5. The predicted octanol–water partition coefficient (Wildman–Crippen LogP) is 3.14. The van der Waals surface area contributed by atoms with Gasteiger partial charge < -0.3 is 0 Å². The Morgan fingerprint density at radius 3 is 2.18 bits per heavy atom. The van der Waals surface area contributed by atoms with E-state index in [1.807, 2.05) is 52.8 Å². The average molecular weight is 321 g/mol. The van der Waals surface area contributed by atoms with E-state index in [9.17, 15) is 8.42 Å². The Morgan fingerprint density at radius 1 is 1.14 bits per heavy atom. The molecule has 2 rings (SSSR count). The molecule has 1 aromatic carbocycles. The maximum absolute atomic E-state index is 12.8. The molecular weight excluding hydrogens is 298 g/mol. The molecule has 22 heavy (non-hydrogen) atoms. The van der Waals surface area contributed by atoms with E-state index in [4.69, 9.17) is 0 Å². The molecule has 0 fully saturated rings. The number of aryl methyl sites for hydroxylation is 3. The fraction of sp³-hybridized carbons (Fsp3) is 0.438. The molecule has 0 spiro atoms. The number of hydrogen-bond acceptors (Lipinski definition) is 3. The molecule has 0 aliphatic rings. The number of nitrogens with one attached hydrogen (secondary N) is 1. The fourth-order valence-corrected chi connectivity index (χ4v) is 3.94. The molecule has 0 amide bonds. The number of hydrogen-bond donors (Lipinski definition) is 1. The molecule has 0 aliphatic heterocycles. The Kier molecular flexibility index (Phi) is 4.08. The quantitative estimate of drug-likeness (QED) is 0.944. The maximum Gasteiger partial charge on any atom is 0.265 e. The minimum Gasteiger partial charge on any atom is -0.279 e. The summed E-state index contributed by atoms with van der Waals surface area (Å²) >= 11 is 0. The Morgan fingerprint density at radius 2 is 1.68 bits per heavy atom. The van der Waals surface area contributed by atoms with Crippen LogP contribution in [0.2, 0.25) is 0 Å². The van der Waals surface area contributed by atoms with Gasteiger partial charge in [0.1, 0.15) is 4.90 Å². The molecule has 1 N–H and O–H groups in total. The van der Waals surface area contributed by atoms with Crippen LogP contribution in [0, 0.1) is 13.8 Å². The van der Waals surface area contributed by atoms with Crippen LogP contribution in [0.5, 0.6) is 0 Å². The zero-order valence-corrected chi connectivity index (χ0v) is 14.7. The van der Waals surface area contributed by atoms with Gasteiger partial charge in [0.25, 0.3) is 10.0 Å². The van der Waals surface area contributed by atoms with Gasteiger partial charge in [0, 0.05) is 18.7 Å². The van der Waals surface area contributed by atoms with Gasteiger partial charge in [-0.1, -0.05) is 39.0 Å². The monoisotopic (exact) mass is 321 g/mol. The van der Waals surface area contributed by atoms with Crippen LogP contribution in [0.1, 0.15) is 37.6 Å². The zero-order valence-electron chi connectivity index (χ0n) is 13.9. The van der Waals surface area contributed by atoms with Crippen molar-refractivity contribution < 1.29 is 8.42 Å². The van der Waals surface area contributed by atoms with Crippen LogP contribution in [0.15, 0.2) is 29.3 Å². The molecule has 0 saturated heterocycles. The third-order valence-electron chi connectivity index (χ3n) is 3.51. The van der Waals surface area contributed by atoms with E-state index in [-0.39, 0.29) is 10.3 Å². The minimum absolute atomic E-state index is 0.227. The largest absolute Gasteiger partial charge is 0.279 e. The van der Waals surface area contributed by atoms with E-state index in [0.29, 0.717) is 11.4 Å². The lowest BCUT2D eigenvalue weighted by molar-refractivity contribution is 0.539. The van der Waals surface area contributed by atoms with Crippen LogP contribution in [0.4, 0.5) is 5.69 Å². The Hall–Kier alpha value is -1.82. The smallest absolute Gasteiger partial charge is 0.265 e. The molecule has 1 heterocycles. The molecule has 0 aliphatic carbocycles. The molecule has 1 aromatic heterocycles. The zero-order chi connectivity index (χ0) is 16.7. The minimum atomic E-state index is -3.68. The molecule has 0 saturated carbocycles. The van der Waals surface area contributed by atoms with E-state index in [1.54, 1.807) is 17.9 Å². The second-order valence-corrected chi connectivity index (χ2v) is 8.29. The van der Waals surface area contributed by atoms with Gasteiger partial charge >= 0.3 is 0 Å². The third kappa shape index (κ3) is 3.16. The highest BCUT2D eigenvalue weighted by atomic mass is 32.2. The topological polar surface area (TPSA) is 64.0 Å². The van der Waals surface area contributed by atoms with Crippen molar-refractivity contribution in [3.05, 3.63) is 41.2 Å². The first-order valence-corrected chi connectivity index (χ1v) is 8.64. The second-order valence-electron chi connectivity index (χ2n) is 6.64. The molecule has 120 valence electrons. The Balaban J connectivity index is 2.53. The third-order valence-corrected chi connectivity index (χ3v) is 4.86. The van der Waals surface area contributed by atoms with Crippen LogP contribution in [-0.2, 0) is 22.5 Å². The van der Waals surface area contributed by atoms with Crippen molar-refractivity contribution in [2.45, 2.75) is 44.9 Å². The SMILES string of the molecule is Cc1cccc(C)c1NS(=O)(=O)c1cn(C)nc1C(C)(C)C. The molecule has 0 unspecified atom stereocenters. The van der Waals surface area contributed by atoms with Gasteiger partial charge in [-0.15, -0.1) is 0 Å². The summed E-state index contributed by atoms with van der Waals surface area (Å²) < 4.78 is 29.9. The lowest BCUT2D eigenvalue weighted by atomic mass is 9.92. The average Bonchev–Trinajstić information content (AvgIpc) is 2.77. The lowest BCUT2D eigenvalue weighted by Crippen LogP contribution is -2.21. The predicted molar refractivity (Wildman–Crippen MR) is 88.6 cm³/mol. The van der Waals surface area contributed by atoms with Gasteiger partial charge in [0.2, 0.25) is 0 Å². The van der Waals surface area contributed by atoms with Crippen molar-refractivity contribution in [2.24, 2.45) is 7.05 Å². The summed E-state index contributed by atoms with van der Waals surface area (Å²) in [6, 6.07) is 5.69. The van der Waals surface area contributed by atoms with Gasteiger partial charge in [-0.2, -0.15) is 5.10 Å². The molecule has 0 bridgehead atoms. The summed E-state index contributed by atoms with van der Waals surface area (Å²) in [6.45, 7) is 9.63. The summed E-state index contributed by atoms with van der Waals surface area (Å²) in [5.41, 5.74) is 2.63. The molecule has 6 heteroatoms. The number of aromatic nitrogens is 2. The standard InChI is InChI=1S/C16H23N3O2S/c1-11-8-7-9-12(2)14(11)18-22(20,21)13-10-19(6)17-15(13)16(3,4)5/h7-10,18H,1-6H3. The molecular formula is C16H23N3O2S. The van der Waals surface area contributed by atoms with Gasteiger partial charge in [0.05, 0.1) is 11.4 Å². The summed E-state index contributed by atoms with van der Waals surface area (Å²) in [5, 5.41) is 4.33. The van der Waals surface area contributed by atoms with Crippen molar-refractivity contribution in [3.8, 4) is 0 Å². The highest BCUT2D eigenvalue weighted by Crippen LogP contribution is 2.30. The first kappa shape index (κ1) is 16.5. The van der Waals surface area contributed by atoms with Crippen molar-refractivity contribution in [1.82, 2.24) is 9.78 Å². The van der Waals surface area contributed by atoms with Gasteiger partial charge in [-0.25, -0.2) is 8.42 Å². The number of nitrogens with zero attached hydrogens (tertiary/aromatic N) is 2. The van der Waals surface area contributed by atoms with E-state index in [2.05, 4.69) is 9.82 Å². The maximum atomic E-state index is 12.8. The van der Waals surface area contributed by atoms with E-state index >= 15 is 0 Å². The van der Waals surface area contributed by atoms with Crippen LogP contribution in [0.3, 0.4) is 0 Å². The van der Waals surface area contributed by atoms with Crippen molar-refractivity contribution >= 4 is 15.7 Å². The van der Waals surface area contributed by atoms with E-state index < -0.39 is 10.0 Å². The van der Waals surface area contributed by atoms with Gasteiger partial charge in [0.15, 0.2) is 0 Å². The summed E-state index contributed by atoms with van der Waals surface area (Å²) in [5.74, 6) is 0. The molecule has 5 nitrogen and oxygen atoms in total. The summed E-state index contributed by atoms with van der Waals surface area (Å²) in [7, 11) is -1.96. The number of rotatable bonds is 3. The Labute approximate surface area is 132 Å². The van der Waals surface area contributed by atoms with Gasteiger partial charge in [-0.05, 0) is 25.0 Å². The molecule has 2 aromatic rings. The highest BCUT2D eigenvalue weighted by molar-refractivity contribution is 7.92.